The van der Waals surface area contributed by atoms with Crippen molar-refractivity contribution in [1.82, 2.24) is 14.5 Å². The lowest BCUT2D eigenvalue weighted by molar-refractivity contribution is -0.274. The standard InChI is InChI=1S/C16H14F3N3O3S2/c17-16(18,19)25-12-4-6-13(7-5-12)27(23,24)21-11-14(15-3-1-10-26-15)22-9-2-8-20-22/h1-10,14,21H,11H2. The molecule has 0 fully saturated rings. The third-order valence-electron chi connectivity index (χ3n) is 3.55. The molecule has 0 aliphatic rings. The van der Waals surface area contributed by atoms with Gasteiger partial charge in [-0.05, 0) is 41.8 Å². The minimum absolute atomic E-state index is 0.0331. The number of hydrogen-bond acceptors (Lipinski definition) is 5. The number of hydrogen-bond donors (Lipinski definition) is 1. The fraction of sp³-hybridized carbons (Fsp3) is 0.188. The van der Waals surface area contributed by atoms with E-state index >= 15 is 0 Å². The van der Waals surface area contributed by atoms with E-state index in [-0.39, 0.29) is 17.5 Å². The molecular formula is C16H14F3N3O3S2. The second kappa shape index (κ2) is 7.71. The molecule has 3 aromatic rings. The van der Waals surface area contributed by atoms with Crippen LogP contribution in [0, 0.1) is 0 Å². The Balaban J connectivity index is 1.74. The van der Waals surface area contributed by atoms with Crippen LogP contribution in [0.4, 0.5) is 13.2 Å². The average Bonchev–Trinajstić information content (AvgIpc) is 3.28. The lowest BCUT2D eigenvalue weighted by Crippen LogP contribution is -2.31. The number of sulfonamides is 1. The van der Waals surface area contributed by atoms with Crippen molar-refractivity contribution in [2.75, 3.05) is 6.54 Å². The molecule has 144 valence electrons. The Bertz CT molecular complexity index is 921. The lowest BCUT2D eigenvalue weighted by atomic mass is 10.2. The summed E-state index contributed by atoms with van der Waals surface area (Å²) in [5.41, 5.74) is 0. The Kier molecular flexibility index (Phi) is 5.53. The normalized spacial score (nSPS) is 13.4. The lowest BCUT2D eigenvalue weighted by Gasteiger charge is -2.17. The number of benzene rings is 1. The molecule has 2 heterocycles. The maximum Gasteiger partial charge on any atom is 0.573 e. The monoisotopic (exact) mass is 417 g/mol. The number of aromatic nitrogens is 2. The van der Waals surface area contributed by atoms with Gasteiger partial charge in [0.2, 0.25) is 10.0 Å². The molecule has 0 radical (unpaired) electrons. The number of nitrogens with one attached hydrogen (secondary N) is 1. The highest BCUT2D eigenvalue weighted by Crippen LogP contribution is 2.25. The number of rotatable bonds is 7. The van der Waals surface area contributed by atoms with E-state index in [9.17, 15) is 21.6 Å². The van der Waals surface area contributed by atoms with Crippen molar-refractivity contribution in [3.05, 3.63) is 65.1 Å². The van der Waals surface area contributed by atoms with E-state index in [4.69, 9.17) is 0 Å². The topological polar surface area (TPSA) is 73.2 Å². The van der Waals surface area contributed by atoms with E-state index in [1.54, 1.807) is 23.1 Å². The Hall–Kier alpha value is -2.37. The van der Waals surface area contributed by atoms with Crippen LogP contribution < -0.4 is 9.46 Å². The molecule has 1 unspecified atom stereocenters. The van der Waals surface area contributed by atoms with Crippen LogP contribution >= 0.6 is 11.3 Å². The average molecular weight is 417 g/mol. The number of ether oxygens (including phenoxy) is 1. The van der Waals surface area contributed by atoms with Crippen molar-refractivity contribution >= 4 is 21.4 Å². The van der Waals surface area contributed by atoms with Gasteiger partial charge in [0.25, 0.3) is 0 Å². The van der Waals surface area contributed by atoms with Gasteiger partial charge in [-0.3, -0.25) is 4.68 Å². The fourth-order valence-electron chi connectivity index (χ4n) is 2.36. The third kappa shape index (κ3) is 5.08. The first-order chi connectivity index (χ1) is 12.7. The maximum absolute atomic E-state index is 12.5. The predicted octanol–water partition coefficient (Wildman–Crippen LogP) is 3.41. The first-order valence-corrected chi connectivity index (χ1v) is 9.99. The molecule has 6 nitrogen and oxygen atoms in total. The molecule has 0 saturated heterocycles. The van der Waals surface area contributed by atoms with Gasteiger partial charge in [0.15, 0.2) is 0 Å². The molecule has 0 aliphatic heterocycles. The van der Waals surface area contributed by atoms with E-state index in [0.717, 1.165) is 29.1 Å². The number of nitrogens with zero attached hydrogens (tertiary/aromatic N) is 2. The van der Waals surface area contributed by atoms with Crippen molar-refractivity contribution in [2.45, 2.75) is 17.3 Å². The van der Waals surface area contributed by atoms with Crippen LogP contribution in [0.15, 0.2) is 65.1 Å². The zero-order chi connectivity index (χ0) is 19.5. The summed E-state index contributed by atoms with van der Waals surface area (Å²) < 4.78 is 69.4. The summed E-state index contributed by atoms with van der Waals surface area (Å²) in [6.45, 7) is 0.0331. The van der Waals surface area contributed by atoms with Crippen LogP contribution in [0.1, 0.15) is 10.9 Å². The molecule has 0 aliphatic carbocycles. The minimum atomic E-state index is -4.84. The molecule has 11 heteroatoms. The fourth-order valence-corrected chi connectivity index (χ4v) is 4.22. The van der Waals surface area contributed by atoms with Crippen molar-refractivity contribution in [3.63, 3.8) is 0 Å². The van der Waals surface area contributed by atoms with Crippen LogP contribution in [0.5, 0.6) is 5.75 Å². The molecule has 0 bridgehead atoms. The van der Waals surface area contributed by atoms with Crippen LogP contribution in [0.25, 0.3) is 0 Å². The number of alkyl halides is 3. The maximum atomic E-state index is 12.5. The molecule has 0 amide bonds. The van der Waals surface area contributed by atoms with E-state index in [0.29, 0.717) is 0 Å². The summed E-state index contributed by atoms with van der Waals surface area (Å²) in [7, 11) is -3.92. The first kappa shape index (κ1) is 19.4. The predicted molar refractivity (Wildman–Crippen MR) is 93.0 cm³/mol. The second-order valence-electron chi connectivity index (χ2n) is 5.39. The summed E-state index contributed by atoms with van der Waals surface area (Å²) >= 11 is 1.46. The summed E-state index contributed by atoms with van der Waals surface area (Å²) in [5.74, 6) is -0.491. The van der Waals surface area contributed by atoms with Gasteiger partial charge in [0.1, 0.15) is 5.75 Å². The second-order valence-corrected chi connectivity index (χ2v) is 8.13. The molecule has 0 saturated carbocycles. The molecule has 1 N–H and O–H groups in total. The van der Waals surface area contributed by atoms with Gasteiger partial charge < -0.3 is 4.74 Å². The van der Waals surface area contributed by atoms with Gasteiger partial charge in [0, 0.05) is 23.8 Å². The van der Waals surface area contributed by atoms with Crippen molar-refractivity contribution in [1.29, 1.82) is 0 Å². The van der Waals surface area contributed by atoms with Crippen molar-refractivity contribution < 1.29 is 26.3 Å². The number of halogens is 3. The van der Waals surface area contributed by atoms with Crippen LogP contribution in [-0.2, 0) is 10.0 Å². The zero-order valence-electron chi connectivity index (χ0n) is 13.6. The Morgan fingerprint density at radius 1 is 1.19 bits per heavy atom. The zero-order valence-corrected chi connectivity index (χ0v) is 15.3. The van der Waals surface area contributed by atoms with E-state index in [1.807, 2.05) is 17.5 Å². The highest BCUT2D eigenvalue weighted by atomic mass is 32.2. The first-order valence-electron chi connectivity index (χ1n) is 7.63. The Morgan fingerprint density at radius 3 is 2.48 bits per heavy atom. The Labute approximate surface area is 157 Å². The summed E-state index contributed by atoms with van der Waals surface area (Å²) in [4.78, 5) is 0.748. The molecule has 1 atom stereocenters. The Morgan fingerprint density at radius 2 is 1.93 bits per heavy atom. The molecule has 0 spiro atoms. The van der Waals surface area contributed by atoms with Gasteiger partial charge in [-0.15, -0.1) is 24.5 Å². The van der Waals surface area contributed by atoms with E-state index in [2.05, 4.69) is 14.6 Å². The van der Waals surface area contributed by atoms with Crippen LogP contribution in [-0.4, -0.2) is 31.1 Å². The van der Waals surface area contributed by atoms with Gasteiger partial charge in [-0.1, -0.05) is 6.07 Å². The smallest absolute Gasteiger partial charge is 0.406 e. The minimum Gasteiger partial charge on any atom is -0.406 e. The molecule has 2 aromatic heterocycles. The van der Waals surface area contributed by atoms with Crippen LogP contribution in [0.3, 0.4) is 0 Å². The van der Waals surface area contributed by atoms with E-state index in [1.165, 1.54) is 11.3 Å². The molecule has 1 aromatic carbocycles. The van der Waals surface area contributed by atoms with Crippen molar-refractivity contribution in [2.24, 2.45) is 0 Å². The molecule has 27 heavy (non-hydrogen) atoms. The molecular weight excluding hydrogens is 403 g/mol. The molecule has 3 rings (SSSR count). The van der Waals surface area contributed by atoms with Gasteiger partial charge in [-0.2, -0.15) is 5.10 Å². The van der Waals surface area contributed by atoms with Gasteiger partial charge in [-0.25, -0.2) is 13.1 Å². The SMILES string of the molecule is O=S(=O)(NCC(c1cccs1)n1cccn1)c1ccc(OC(F)(F)F)cc1. The number of thiophene rings is 1. The van der Waals surface area contributed by atoms with Gasteiger partial charge in [0.05, 0.1) is 10.9 Å². The summed E-state index contributed by atoms with van der Waals surface area (Å²) in [5, 5.41) is 6.03. The third-order valence-corrected chi connectivity index (χ3v) is 5.96. The highest BCUT2D eigenvalue weighted by Gasteiger charge is 2.31. The van der Waals surface area contributed by atoms with Crippen molar-refractivity contribution in [3.8, 4) is 5.75 Å². The van der Waals surface area contributed by atoms with Gasteiger partial charge >= 0.3 is 6.36 Å². The van der Waals surface area contributed by atoms with Crippen LogP contribution in [0.2, 0.25) is 0 Å². The highest BCUT2D eigenvalue weighted by molar-refractivity contribution is 7.89. The quantitative estimate of drug-likeness (QED) is 0.640. The summed E-state index contributed by atoms with van der Waals surface area (Å²) in [6, 6.07) is 9.11. The summed E-state index contributed by atoms with van der Waals surface area (Å²) in [6.07, 6.45) is -1.52. The largest absolute Gasteiger partial charge is 0.573 e. The van der Waals surface area contributed by atoms with E-state index < -0.39 is 22.1 Å².